The molecule has 0 aliphatic rings. The van der Waals surface area contributed by atoms with Gasteiger partial charge in [-0.1, -0.05) is 31.9 Å². The Morgan fingerprint density at radius 2 is 2.00 bits per heavy atom. The first-order valence-electron chi connectivity index (χ1n) is 6.05. The summed E-state index contributed by atoms with van der Waals surface area (Å²) in [5.41, 5.74) is 2.23. The van der Waals surface area contributed by atoms with Gasteiger partial charge in [0.1, 0.15) is 5.75 Å². The Bertz CT molecular complexity index is 398. The predicted octanol–water partition coefficient (Wildman–Crippen LogP) is 4.18. The summed E-state index contributed by atoms with van der Waals surface area (Å²) in [7, 11) is 1.66. The van der Waals surface area contributed by atoms with E-state index in [0.717, 1.165) is 29.7 Å². The Morgan fingerprint density at radius 1 is 1.29 bits per heavy atom. The average Bonchev–Trinajstić information content (AvgIpc) is 2.38. The van der Waals surface area contributed by atoms with Crippen molar-refractivity contribution in [2.45, 2.75) is 32.6 Å². The number of benzene rings is 1. The summed E-state index contributed by atoms with van der Waals surface area (Å²) >= 11 is 0. The molecule has 2 heteroatoms. The fraction of sp³-hybridized carbons (Fsp3) is 0.400. The molecule has 17 heavy (non-hydrogen) atoms. The van der Waals surface area contributed by atoms with Gasteiger partial charge in [-0.25, -0.2) is 0 Å². The fourth-order valence-corrected chi connectivity index (χ4v) is 1.75. The van der Waals surface area contributed by atoms with E-state index in [2.05, 4.69) is 13.0 Å². The first-order valence-corrected chi connectivity index (χ1v) is 6.05. The summed E-state index contributed by atoms with van der Waals surface area (Å²) in [6.45, 7) is 2.18. The van der Waals surface area contributed by atoms with E-state index < -0.39 is 0 Å². The summed E-state index contributed by atoms with van der Waals surface area (Å²) in [6.07, 6.45) is 6.16. The molecular formula is C15H19NO. The smallest absolute Gasteiger partial charge is 0.118 e. The Labute approximate surface area is 104 Å². The van der Waals surface area contributed by atoms with Gasteiger partial charge < -0.3 is 4.74 Å². The molecular weight excluding hydrogens is 210 g/mol. The number of nitrogens with zero attached hydrogens (tertiary/aromatic N) is 1. The Hall–Kier alpha value is -1.75. The summed E-state index contributed by atoms with van der Waals surface area (Å²) in [4.78, 5) is 0. The SMILES string of the molecule is CCCCCC(=CC#N)c1ccc(OC)cc1. The van der Waals surface area contributed by atoms with Crippen LogP contribution in [0.3, 0.4) is 0 Å². The van der Waals surface area contributed by atoms with Crippen LogP contribution in [0.25, 0.3) is 5.57 Å². The van der Waals surface area contributed by atoms with Crippen LogP contribution in [0.15, 0.2) is 30.3 Å². The summed E-state index contributed by atoms with van der Waals surface area (Å²) in [6, 6.07) is 10.0. The molecule has 1 aromatic carbocycles. The monoisotopic (exact) mass is 229 g/mol. The highest BCUT2D eigenvalue weighted by atomic mass is 16.5. The molecule has 0 bridgehead atoms. The maximum Gasteiger partial charge on any atom is 0.118 e. The first-order chi connectivity index (χ1) is 8.31. The highest BCUT2D eigenvalue weighted by Crippen LogP contribution is 2.23. The van der Waals surface area contributed by atoms with Crippen LogP contribution in [0.1, 0.15) is 38.2 Å². The van der Waals surface area contributed by atoms with Crippen LogP contribution in [0, 0.1) is 11.3 Å². The average molecular weight is 229 g/mol. The minimum absolute atomic E-state index is 0.846. The van der Waals surface area contributed by atoms with Gasteiger partial charge in [0.15, 0.2) is 0 Å². The van der Waals surface area contributed by atoms with Crippen molar-refractivity contribution >= 4 is 5.57 Å². The molecule has 0 spiro atoms. The van der Waals surface area contributed by atoms with Gasteiger partial charge in [0, 0.05) is 6.08 Å². The van der Waals surface area contributed by atoms with Crippen LogP contribution >= 0.6 is 0 Å². The van der Waals surface area contributed by atoms with E-state index in [1.54, 1.807) is 13.2 Å². The largest absolute Gasteiger partial charge is 0.497 e. The molecule has 0 amide bonds. The van der Waals surface area contributed by atoms with Crippen LogP contribution in [0.2, 0.25) is 0 Å². The molecule has 0 fully saturated rings. The number of methoxy groups -OCH3 is 1. The molecule has 0 atom stereocenters. The number of ether oxygens (including phenoxy) is 1. The normalized spacial score (nSPS) is 11.0. The van der Waals surface area contributed by atoms with Crippen molar-refractivity contribution < 1.29 is 4.74 Å². The molecule has 0 aliphatic heterocycles. The number of hydrogen-bond donors (Lipinski definition) is 0. The highest BCUT2D eigenvalue weighted by molar-refractivity contribution is 5.68. The van der Waals surface area contributed by atoms with Gasteiger partial charge in [0.05, 0.1) is 13.2 Å². The zero-order valence-corrected chi connectivity index (χ0v) is 10.6. The third-order valence-corrected chi connectivity index (χ3v) is 2.75. The van der Waals surface area contributed by atoms with Gasteiger partial charge in [-0.05, 0) is 36.1 Å². The van der Waals surface area contributed by atoms with Crippen molar-refractivity contribution in [2.75, 3.05) is 7.11 Å². The topological polar surface area (TPSA) is 33.0 Å². The second-order valence-corrected chi connectivity index (χ2v) is 3.98. The number of rotatable bonds is 6. The zero-order valence-electron chi connectivity index (χ0n) is 10.6. The van der Waals surface area contributed by atoms with E-state index in [1.807, 2.05) is 24.3 Å². The summed E-state index contributed by atoms with van der Waals surface area (Å²) in [5, 5.41) is 8.80. The third-order valence-electron chi connectivity index (χ3n) is 2.75. The standard InChI is InChI=1S/C15H19NO/c1-3-4-5-6-13(11-12-16)14-7-9-15(17-2)10-8-14/h7-11H,3-6H2,1-2H3. The minimum atomic E-state index is 0.846. The van der Waals surface area contributed by atoms with Gasteiger partial charge in [-0.2, -0.15) is 5.26 Å². The van der Waals surface area contributed by atoms with Gasteiger partial charge in [0.25, 0.3) is 0 Å². The second-order valence-electron chi connectivity index (χ2n) is 3.98. The Kier molecular flexibility index (Phi) is 5.88. The van der Waals surface area contributed by atoms with Crippen molar-refractivity contribution in [2.24, 2.45) is 0 Å². The Balaban J connectivity index is 2.76. The van der Waals surface area contributed by atoms with Gasteiger partial charge >= 0.3 is 0 Å². The van der Waals surface area contributed by atoms with E-state index in [0.29, 0.717) is 0 Å². The van der Waals surface area contributed by atoms with Crippen molar-refractivity contribution in [1.82, 2.24) is 0 Å². The van der Waals surface area contributed by atoms with Gasteiger partial charge in [-0.15, -0.1) is 0 Å². The third kappa shape index (κ3) is 4.32. The molecule has 0 unspecified atom stereocenters. The first kappa shape index (κ1) is 13.3. The van der Waals surface area contributed by atoms with E-state index >= 15 is 0 Å². The molecule has 0 saturated carbocycles. The number of nitriles is 1. The van der Waals surface area contributed by atoms with Crippen LogP contribution < -0.4 is 4.74 Å². The lowest BCUT2D eigenvalue weighted by Crippen LogP contribution is -1.87. The summed E-state index contributed by atoms with van der Waals surface area (Å²) < 4.78 is 5.12. The molecule has 0 heterocycles. The van der Waals surface area contributed by atoms with E-state index in [4.69, 9.17) is 10.00 Å². The molecule has 0 saturated heterocycles. The van der Waals surface area contributed by atoms with E-state index in [1.165, 1.54) is 12.8 Å². The van der Waals surface area contributed by atoms with E-state index in [9.17, 15) is 0 Å². The lowest BCUT2D eigenvalue weighted by Gasteiger charge is -2.07. The van der Waals surface area contributed by atoms with Crippen LogP contribution in [-0.2, 0) is 0 Å². The summed E-state index contributed by atoms with van der Waals surface area (Å²) in [5.74, 6) is 0.846. The maximum absolute atomic E-state index is 8.80. The van der Waals surface area contributed by atoms with Crippen molar-refractivity contribution in [3.63, 3.8) is 0 Å². The van der Waals surface area contributed by atoms with Crippen molar-refractivity contribution in [3.05, 3.63) is 35.9 Å². The molecule has 1 rings (SSSR count). The van der Waals surface area contributed by atoms with Crippen LogP contribution in [0.4, 0.5) is 0 Å². The maximum atomic E-state index is 8.80. The quantitative estimate of drug-likeness (QED) is 0.541. The lowest BCUT2D eigenvalue weighted by atomic mass is 9.99. The van der Waals surface area contributed by atoms with Crippen molar-refractivity contribution in [1.29, 1.82) is 5.26 Å². The fourth-order valence-electron chi connectivity index (χ4n) is 1.75. The molecule has 0 aromatic heterocycles. The van der Waals surface area contributed by atoms with Gasteiger partial charge in [-0.3, -0.25) is 0 Å². The molecule has 0 aliphatic carbocycles. The van der Waals surface area contributed by atoms with Crippen LogP contribution in [-0.4, -0.2) is 7.11 Å². The number of allylic oxidation sites excluding steroid dienone is 2. The molecule has 0 radical (unpaired) electrons. The second kappa shape index (κ2) is 7.51. The molecule has 0 N–H and O–H groups in total. The zero-order chi connectivity index (χ0) is 12.5. The minimum Gasteiger partial charge on any atom is -0.497 e. The molecule has 1 aromatic rings. The van der Waals surface area contributed by atoms with Gasteiger partial charge in [0.2, 0.25) is 0 Å². The molecule has 2 nitrogen and oxygen atoms in total. The van der Waals surface area contributed by atoms with E-state index in [-0.39, 0.29) is 0 Å². The van der Waals surface area contributed by atoms with Crippen LogP contribution in [0.5, 0.6) is 5.75 Å². The predicted molar refractivity (Wildman–Crippen MR) is 70.7 cm³/mol. The molecule has 90 valence electrons. The number of hydrogen-bond acceptors (Lipinski definition) is 2. The van der Waals surface area contributed by atoms with Crippen molar-refractivity contribution in [3.8, 4) is 11.8 Å². The highest BCUT2D eigenvalue weighted by Gasteiger charge is 2.02. The Morgan fingerprint density at radius 3 is 2.53 bits per heavy atom. The lowest BCUT2D eigenvalue weighted by molar-refractivity contribution is 0.415. The number of unbranched alkanes of at least 4 members (excludes halogenated alkanes) is 2.